The van der Waals surface area contributed by atoms with Gasteiger partial charge in [0.05, 0.1) is 13.2 Å². The first-order valence-electron chi connectivity index (χ1n) is 12.0. The van der Waals surface area contributed by atoms with E-state index in [-0.39, 0.29) is 30.1 Å². The molecule has 3 aromatic rings. The summed E-state index contributed by atoms with van der Waals surface area (Å²) in [4.78, 5) is 25.2. The third kappa shape index (κ3) is 6.47. The minimum Gasteiger partial charge on any atom is -0.497 e. The Kier molecular flexibility index (Phi) is 7.80. The van der Waals surface area contributed by atoms with Crippen LogP contribution in [-0.4, -0.2) is 24.5 Å². The van der Waals surface area contributed by atoms with Gasteiger partial charge in [0.25, 0.3) is 0 Å². The molecular formula is C29H31FN2O3. The zero-order chi connectivity index (χ0) is 24.7. The largest absolute Gasteiger partial charge is 0.497 e. The molecule has 2 N–H and O–H groups in total. The van der Waals surface area contributed by atoms with Crippen molar-refractivity contribution in [3.05, 3.63) is 101 Å². The van der Waals surface area contributed by atoms with Crippen molar-refractivity contribution in [2.24, 2.45) is 0 Å². The molecule has 1 saturated heterocycles. The lowest BCUT2D eigenvalue weighted by molar-refractivity contribution is -0.123. The third-order valence-corrected chi connectivity index (χ3v) is 6.67. The van der Waals surface area contributed by atoms with Crippen LogP contribution in [0.4, 0.5) is 4.39 Å². The van der Waals surface area contributed by atoms with Crippen molar-refractivity contribution in [2.45, 2.75) is 50.1 Å². The molecule has 0 aromatic heterocycles. The molecule has 1 aliphatic heterocycles. The molecule has 1 aliphatic rings. The molecule has 0 spiro atoms. The zero-order valence-electron chi connectivity index (χ0n) is 19.9. The van der Waals surface area contributed by atoms with Gasteiger partial charge in [0.2, 0.25) is 11.8 Å². The van der Waals surface area contributed by atoms with E-state index in [9.17, 15) is 14.0 Å². The molecule has 0 unspecified atom stereocenters. The van der Waals surface area contributed by atoms with Crippen molar-refractivity contribution >= 4 is 11.8 Å². The average Bonchev–Trinajstić information content (AvgIpc) is 3.25. The molecular weight excluding hydrogens is 443 g/mol. The normalized spacial score (nSPS) is 18.1. The summed E-state index contributed by atoms with van der Waals surface area (Å²) in [5.41, 5.74) is 1.98. The fraction of sp³-hybridized carbons (Fsp3) is 0.310. The van der Waals surface area contributed by atoms with E-state index in [1.807, 2.05) is 60.7 Å². The molecule has 1 fully saturated rings. The first-order valence-corrected chi connectivity index (χ1v) is 12.0. The summed E-state index contributed by atoms with van der Waals surface area (Å²) in [6.45, 7) is 0. The van der Waals surface area contributed by atoms with E-state index in [2.05, 4.69) is 10.6 Å². The van der Waals surface area contributed by atoms with Crippen molar-refractivity contribution in [3.63, 3.8) is 0 Å². The Labute approximate surface area is 205 Å². The van der Waals surface area contributed by atoms with Gasteiger partial charge in [0, 0.05) is 18.4 Å². The predicted octanol–water partition coefficient (Wildman–Crippen LogP) is 4.91. The van der Waals surface area contributed by atoms with Gasteiger partial charge in [-0.15, -0.1) is 0 Å². The minimum absolute atomic E-state index is 0.0695. The monoisotopic (exact) mass is 474 g/mol. The Morgan fingerprint density at radius 2 is 1.80 bits per heavy atom. The SMILES string of the molecule is COc1ccc(F)c(C[C@@]2(CCC(=O)N[C@H](Cc3ccccc3)c3ccccc3)CCC(=O)N2)c1. The fourth-order valence-corrected chi connectivity index (χ4v) is 4.77. The number of rotatable bonds is 10. The predicted molar refractivity (Wildman–Crippen MR) is 133 cm³/mol. The van der Waals surface area contributed by atoms with E-state index >= 15 is 0 Å². The molecule has 0 saturated carbocycles. The molecule has 2 atom stereocenters. The van der Waals surface area contributed by atoms with Crippen molar-refractivity contribution in [3.8, 4) is 5.75 Å². The average molecular weight is 475 g/mol. The Balaban J connectivity index is 1.46. The fourth-order valence-electron chi connectivity index (χ4n) is 4.77. The van der Waals surface area contributed by atoms with Crippen molar-refractivity contribution in [1.29, 1.82) is 0 Å². The molecule has 4 rings (SSSR count). The first-order chi connectivity index (χ1) is 17.0. The molecule has 0 bridgehead atoms. The highest BCUT2D eigenvalue weighted by Crippen LogP contribution is 2.32. The Morgan fingerprint density at radius 1 is 1.09 bits per heavy atom. The Bertz CT molecular complexity index is 1150. The van der Waals surface area contributed by atoms with Crippen LogP contribution in [0.3, 0.4) is 0 Å². The van der Waals surface area contributed by atoms with Crippen LogP contribution in [0, 0.1) is 5.82 Å². The van der Waals surface area contributed by atoms with E-state index in [4.69, 9.17) is 4.74 Å². The summed E-state index contributed by atoms with van der Waals surface area (Å²) in [6, 6.07) is 24.4. The quantitative estimate of drug-likeness (QED) is 0.439. The van der Waals surface area contributed by atoms with Gasteiger partial charge in [0.1, 0.15) is 11.6 Å². The summed E-state index contributed by atoms with van der Waals surface area (Å²) in [6.07, 6.45) is 2.56. The molecule has 1 heterocycles. The van der Waals surface area contributed by atoms with E-state index in [1.165, 1.54) is 13.2 Å². The van der Waals surface area contributed by atoms with Gasteiger partial charge < -0.3 is 15.4 Å². The van der Waals surface area contributed by atoms with Gasteiger partial charge in [-0.05, 0) is 60.6 Å². The maximum Gasteiger partial charge on any atom is 0.220 e. The number of hydrogen-bond acceptors (Lipinski definition) is 3. The zero-order valence-corrected chi connectivity index (χ0v) is 19.9. The van der Waals surface area contributed by atoms with Crippen LogP contribution in [0.15, 0.2) is 78.9 Å². The third-order valence-electron chi connectivity index (χ3n) is 6.67. The number of carbonyl (C=O) groups is 2. The second-order valence-corrected chi connectivity index (χ2v) is 9.18. The Morgan fingerprint density at radius 3 is 2.46 bits per heavy atom. The second-order valence-electron chi connectivity index (χ2n) is 9.18. The molecule has 0 aliphatic carbocycles. The highest BCUT2D eigenvalue weighted by molar-refractivity contribution is 5.80. The van der Waals surface area contributed by atoms with Crippen LogP contribution < -0.4 is 15.4 Å². The van der Waals surface area contributed by atoms with Gasteiger partial charge in [-0.25, -0.2) is 4.39 Å². The van der Waals surface area contributed by atoms with Crippen LogP contribution in [0.1, 0.15) is 48.4 Å². The summed E-state index contributed by atoms with van der Waals surface area (Å²) < 4.78 is 19.8. The highest BCUT2D eigenvalue weighted by atomic mass is 19.1. The Hall–Kier alpha value is -3.67. The number of amides is 2. The molecule has 0 radical (unpaired) electrons. The van der Waals surface area contributed by atoms with Gasteiger partial charge in [-0.2, -0.15) is 0 Å². The van der Waals surface area contributed by atoms with E-state index in [0.29, 0.717) is 43.4 Å². The van der Waals surface area contributed by atoms with Crippen LogP contribution in [0.5, 0.6) is 5.75 Å². The highest BCUT2D eigenvalue weighted by Gasteiger charge is 2.38. The van der Waals surface area contributed by atoms with Crippen LogP contribution in [0.25, 0.3) is 0 Å². The smallest absolute Gasteiger partial charge is 0.220 e. The van der Waals surface area contributed by atoms with Gasteiger partial charge in [0.15, 0.2) is 0 Å². The molecule has 3 aromatic carbocycles. The maximum atomic E-state index is 14.5. The van der Waals surface area contributed by atoms with Crippen molar-refractivity contribution < 1.29 is 18.7 Å². The molecule has 6 heteroatoms. The number of methoxy groups -OCH3 is 1. The number of carbonyl (C=O) groups excluding carboxylic acids is 2. The maximum absolute atomic E-state index is 14.5. The second kappa shape index (κ2) is 11.2. The summed E-state index contributed by atoms with van der Waals surface area (Å²) >= 11 is 0. The van der Waals surface area contributed by atoms with Gasteiger partial charge in [-0.1, -0.05) is 60.7 Å². The van der Waals surface area contributed by atoms with Crippen LogP contribution in [0.2, 0.25) is 0 Å². The van der Waals surface area contributed by atoms with Crippen LogP contribution in [-0.2, 0) is 22.4 Å². The topological polar surface area (TPSA) is 67.4 Å². The summed E-state index contributed by atoms with van der Waals surface area (Å²) in [7, 11) is 1.53. The van der Waals surface area contributed by atoms with E-state index in [1.54, 1.807) is 12.1 Å². The lowest BCUT2D eigenvalue weighted by Crippen LogP contribution is -2.45. The molecule has 35 heavy (non-hydrogen) atoms. The van der Waals surface area contributed by atoms with E-state index < -0.39 is 5.54 Å². The van der Waals surface area contributed by atoms with Crippen molar-refractivity contribution in [1.82, 2.24) is 10.6 Å². The van der Waals surface area contributed by atoms with Gasteiger partial charge >= 0.3 is 0 Å². The lowest BCUT2D eigenvalue weighted by atomic mass is 9.84. The molecule has 5 nitrogen and oxygen atoms in total. The van der Waals surface area contributed by atoms with Gasteiger partial charge in [-0.3, -0.25) is 9.59 Å². The summed E-state index contributed by atoms with van der Waals surface area (Å²) in [5.74, 6) is 0.0504. The lowest BCUT2D eigenvalue weighted by Gasteiger charge is -2.30. The first kappa shape index (κ1) is 24.5. The number of ether oxygens (including phenoxy) is 1. The summed E-state index contributed by atoms with van der Waals surface area (Å²) in [5, 5.41) is 6.22. The number of halogens is 1. The molecule has 2 amide bonds. The number of hydrogen-bond donors (Lipinski definition) is 2. The number of benzene rings is 3. The minimum atomic E-state index is -0.663. The molecule has 182 valence electrons. The standard InChI is InChI=1S/C29H31FN2O3/c1-35-24-12-13-25(30)23(19-24)20-29(17-15-28(34)32-29)16-14-27(33)31-26(22-10-6-3-7-11-22)18-21-8-4-2-5-9-21/h2-13,19,26H,14-18,20H2,1H3,(H,31,33)(H,32,34)/t26-,29-/m1/s1. The van der Waals surface area contributed by atoms with Crippen molar-refractivity contribution in [2.75, 3.05) is 7.11 Å². The number of nitrogens with one attached hydrogen (secondary N) is 2. The van der Waals surface area contributed by atoms with Crippen LogP contribution >= 0.6 is 0 Å². The van der Waals surface area contributed by atoms with E-state index in [0.717, 1.165) is 11.1 Å².